The number of ketones is 1. The van der Waals surface area contributed by atoms with Gasteiger partial charge in [-0.3, -0.25) is 4.79 Å². The number of halogens is 2. The third kappa shape index (κ3) is 3.36. The highest BCUT2D eigenvalue weighted by molar-refractivity contribution is 6.36. The first-order chi connectivity index (χ1) is 10.9. The van der Waals surface area contributed by atoms with Gasteiger partial charge in [0.25, 0.3) is 0 Å². The molecule has 23 heavy (non-hydrogen) atoms. The smallest absolute Gasteiger partial charge is 0.504 e. The molecule has 0 amide bonds. The maximum absolute atomic E-state index is 12.7. The monoisotopic (exact) mass is 323 g/mol. The molecule has 2 aromatic rings. The predicted octanol–water partition coefficient (Wildman–Crippen LogP) is 3.14. The highest BCUT2D eigenvalue weighted by Crippen LogP contribution is 2.31. The molecular formula is C15H16BF2NO4. The van der Waals surface area contributed by atoms with Gasteiger partial charge >= 0.3 is 13.1 Å². The van der Waals surface area contributed by atoms with Crippen LogP contribution in [0.25, 0.3) is 11.0 Å². The van der Waals surface area contributed by atoms with Crippen LogP contribution < -0.4 is 15.2 Å². The van der Waals surface area contributed by atoms with Crippen LogP contribution in [0.5, 0.6) is 5.75 Å². The first-order valence-electron chi connectivity index (χ1n) is 7.20. The number of anilines is 1. The summed E-state index contributed by atoms with van der Waals surface area (Å²) in [5, 5.41) is 0.158. The lowest BCUT2D eigenvalue weighted by atomic mass is 10.1. The summed E-state index contributed by atoms with van der Waals surface area (Å²) in [6, 6.07) is 4.79. The molecular weight excluding hydrogens is 307 g/mol. The second kappa shape index (κ2) is 6.81. The van der Waals surface area contributed by atoms with Gasteiger partial charge in [-0.15, -0.1) is 0 Å². The molecule has 0 spiro atoms. The third-order valence-corrected chi connectivity index (χ3v) is 3.53. The molecule has 0 saturated heterocycles. The van der Waals surface area contributed by atoms with Gasteiger partial charge in [0.15, 0.2) is 5.78 Å². The molecule has 0 unspecified atom stereocenters. The molecule has 0 atom stereocenters. The van der Waals surface area contributed by atoms with Gasteiger partial charge < -0.3 is 14.0 Å². The number of nitrogens with zero attached hydrogens (tertiary/aromatic N) is 1. The van der Waals surface area contributed by atoms with Crippen LogP contribution in [0.3, 0.4) is 0 Å². The lowest BCUT2D eigenvalue weighted by Gasteiger charge is -2.21. The molecule has 1 aromatic carbocycles. The first kappa shape index (κ1) is 17.0. The van der Waals surface area contributed by atoms with Gasteiger partial charge in [-0.05, 0) is 32.9 Å². The predicted molar refractivity (Wildman–Crippen MR) is 84.6 cm³/mol. The number of hydrogen-bond donors (Lipinski definition) is 0. The van der Waals surface area contributed by atoms with Crippen molar-refractivity contribution < 1.29 is 22.5 Å². The van der Waals surface area contributed by atoms with Crippen LogP contribution in [0.4, 0.5) is 14.3 Å². The van der Waals surface area contributed by atoms with Gasteiger partial charge in [0.1, 0.15) is 16.9 Å². The minimum absolute atomic E-state index is 0.0973. The topological polar surface area (TPSA) is 59.8 Å². The van der Waals surface area contributed by atoms with E-state index < -0.39 is 30.2 Å². The second-order valence-electron chi connectivity index (χ2n) is 4.88. The molecule has 2 rings (SSSR count). The summed E-state index contributed by atoms with van der Waals surface area (Å²) in [4.78, 5) is 25.6. The Bertz CT molecular complexity index is 787. The van der Waals surface area contributed by atoms with E-state index in [0.29, 0.717) is 0 Å². The SMILES string of the molecule is CCN(CC)c1ccc2c(OB(F)F)c(C(C)=O)c(=O)oc2c1. The third-order valence-electron chi connectivity index (χ3n) is 3.53. The van der Waals surface area contributed by atoms with Crippen molar-refractivity contribution in [2.45, 2.75) is 20.8 Å². The van der Waals surface area contributed by atoms with Crippen LogP contribution in [-0.4, -0.2) is 26.3 Å². The van der Waals surface area contributed by atoms with E-state index in [9.17, 15) is 18.2 Å². The van der Waals surface area contributed by atoms with Crippen molar-refractivity contribution in [1.29, 1.82) is 0 Å². The normalized spacial score (nSPS) is 10.7. The zero-order valence-corrected chi connectivity index (χ0v) is 13.1. The van der Waals surface area contributed by atoms with Gasteiger partial charge in [-0.25, -0.2) is 13.4 Å². The molecule has 122 valence electrons. The lowest BCUT2D eigenvalue weighted by molar-refractivity contribution is 0.101. The summed E-state index contributed by atoms with van der Waals surface area (Å²) in [6.07, 6.45) is 0. The molecule has 8 heteroatoms. The Hall–Kier alpha value is -2.38. The lowest BCUT2D eigenvalue weighted by Crippen LogP contribution is -2.22. The largest absolute Gasteiger partial charge is 0.796 e. The molecule has 0 fully saturated rings. The van der Waals surface area contributed by atoms with Crippen LogP contribution in [-0.2, 0) is 0 Å². The van der Waals surface area contributed by atoms with Gasteiger partial charge in [-0.1, -0.05) is 0 Å². The average molecular weight is 323 g/mol. The maximum atomic E-state index is 12.7. The minimum atomic E-state index is -3.15. The van der Waals surface area contributed by atoms with Gasteiger partial charge in [0, 0.05) is 24.8 Å². The molecule has 1 aromatic heterocycles. The minimum Gasteiger partial charge on any atom is -0.504 e. The van der Waals surface area contributed by atoms with Gasteiger partial charge in [0.05, 0.1) is 5.39 Å². The zero-order valence-electron chi connectivity index (χ0n) is 13.1. The fourth-order valence-corrected chi connectivity index (χ4v) is 2.46. The molecule has 0 saturated carbocycles. The first-order valence-corrected chi connectivity index (χ1v) is 7.20. The van der Waals surface area contributed by atoms with Gasteiger partial charge in [0.2, 0.25) is 0 Å². The highest BCUT2D eigenvalue weighted by Gasteiger charge is 2.26. The molecule has 5 nitrogen and oxygen atoms in total. The summed E-state index contributed by atoms with van der Waals surface area (Å²) >= 11 is 0. The van der Waals surface area contributed by atoms with Gasteiger partial charge in [-0.2, -0.15) is 0 Å². The van der Waals surface area contributed by atoms with Crippen molar-refractivity contribution in [2.24, 2.45) is 0 Å². The Morgan fingerprint density at radius 3 is 2.48 bits per heavy atom. The van der Waals surface area contributed by atoms with Crippen LogP contribution >= 0.6 is 0 Å². The van der Waals surface area contributed by atoms with Crippen molar-refractivity contribution in [3.8, 4) is 5.75 Å². The number of Topliss-reactive ketones (excluding diaryl/α,β-unsaturated/α-hetero) is 1. The molecule has 0 bridgehead atoms. The van der Waals surface area contributed by atoms with Crippen molar-refractivity contribution in [3.05, 3.63) is 34.2 Å². The summed E-state index contributed by atoms with van der Waals surface area (Å²) in [7, 11) is -3.15. The Morgan fingerprint density at radius 2 is 1.96 bits per heavy atom. The van der Waals surface area contributed by atoms with Crippen LogP contribution in [0.1, 0.15) is 31.1 Å². The molecule has 1 heterocycles. The van der Waals surface area contributed by atoms with Crippen molar-refractivity contribution in [1.82, 2.24) is 0 Å². The number of benzene rings is 1. The summed E-state index contributed by atoms with van der Waals surface area (Å²) in [6.45, 7) is 6.50. The summed E-state index contributed by atoms with van der Waals surface area (Å²) in [5.41, 5.74) is -0.616. The van der Waals surface area contributed by atoms with E-state index in [0.717, 1.165) is 25.7 Å². The Balaban J connectivity index is 2.74. The number of rotatable bonds is 6. The van der Waals surface area contributed by atoms with E-state index in [1.54, 1.807) is 12.1 Å². The fraction of sp³-hybridized carbons (Fsp3) is 0.333. The average Bonchev–Trinajstić information content (AvgIpc) is 2.47. The summed E-state index contributed by atoms with van der Waals surface area (Å²) in [5.74, 6) is -1.13. The molecule has 0 aliphatic rings. The van der Waals surface area contributed by atoms with E-state index in [2.05, 4.69) is 4.65 Å². The number of hydrogen-bond acceptors (Lipinski definition) is 5. The highest BCUT2D eigenvalue weighted by atomic mass is 19.2. The molecule has 0 N–H and O–H groups in total. The zero-order chi connectivity index (χ0) is 17.1. The molecule has 0 radical (unpaired) electrons. The van der Waals surface area contributed by atoms with Crippen molar-refractivity contribution in [3.63, 3.8) is 0 Å². The summed E-state index contributed by atoms with van der Waals surface area (Å²) < 4.78 is 34.9. The second-order valence-corrected chi connectivity index (χ2v) is 4.88. The number of carbonyl (C=O) groups excluding carboxylic acids is 1. The maximum Gasteiger partial charge on any atom is 0.796 e. The Labute approximate surface area is 132 Å². The van der Waals surface area contributed by atoms with Crippen LogP contribution in [0.15, 0.2) is 27.4 Å². The van der Waals surface area contributed by atoms with E-state index in [1.165, 1.54) is 6.07 Å². The Kier molecular flexibility index (Phi) is 5.03. The standard InChI is InChI=1S/C15H16BF2NO4/c1-4-19(5-2)10-6-7-11-12(8-10)22-15(21)13(9(3)20)14(11)23-16(17)18/h6-8H,4-5H2,1-3H3. The van der Waals surface area contributed by atoms with Crippen molar-refractivity contribution >= 4 is 29.9 Å². The fourth-order valence-electron chi connectivity index (χ4n) is 2.46. The number of carbonyl (C=O) groups is 1. The van der Waals surface area contributed by atoms with E-state index in [-0.39, 0.29) is 11.0 Å². The van der Waals surface area contributed by atoms with E-state index in [1.807, 2.05) is 18.7 Å². The van der Waals surface area contributed by atoms with Crippen LogP contribution in [0, 0.1) is 0 Å². The number of fused-ring (bicyclic) bond motifs is 1. The Morgan fingerprint density at radius 1 is 1.30 bits per heavy atom. The quantitative estimate of drug-likeness (QED) is 0.464. The van der Waals surface area contributed by atoms with Crippen LogP contribution in [0.2, 0.25) is 0 Å². The van der Waals surface area contributed by atoms with E-state index >= 15 is 0 Å². The van der Waals surface area contributed by atoms with Crippen molar-refractivity contribution in [2.75, 3.05) is 18.0 Å². The van der Waals surface area contributed by atoms with E-state index in [4.69, 9.17) is 4.42 Å². The molecule has 0 aliphatic heterocycles. The molecule has 0 aliphatic carbocycles.